The van der Waals surface area contributed by atoms with E-state index in [0.29, 0.717) is 18.4 Å². The summed E-state index contributed by atoms with van der Waals surface area (Å²) in [6, 6.07) is -0.466. The van der Waals surface area contributed by atoms with Crippen LogP contribution in [0.1, 0.15) is 70.8 Å². The molecule has 13 nitrogen and oxygen atoms in total. The van der Waals surface area contributed by atoms with Gasteiger partial charge in [-0.2, -0.15) is 4.98 Å². The maximum absolute atomic E-state index is 12.9. The van der Waals surface area contributed by atoms with Crippen LogP contribution in [0.2, 0.25) is 0 Å². The summed E-state index contributed by atoms with van der Waals surface area (Å²) in [6.45, 7) is 6.21. The Labute approximate surface area is 300 Å². The van der Waals surface area contributed by atoms with E-state index in [0.717, 1.165) is 43.2 Å². The maximum Gasteiger partial charge on any atom is 0.405 e. The highest BCUT2D eigenvalue weighted by atomic mass is 31.2. The van der Waals surface area contributed by atoms with Crippen LogP contribution in [-0.2, 0) is 13.9 Å². The largest absolute Gasteiger partial charge is 0.405 e. The highest BCUT2D eigenvalue weighted by Gasteiger charge is 2.40. The summed E-state index contributed by atoms with van der Waals surface area (Å²) in [4.78, 5) is 45.6. The summed E-state index contributed by atoms with van der Waals surface area (Å²) < 4.78 is 21.1. The molecule has 14 heteroatoms. The summed E-state index contributed by atoms with van der Waals surface area (Å²) in [5.41, 5.74) is 6.12. The molecule has 0 aliphatic heterocycles. The van der Waals surface area contributed by atoms with Crippen LogP contribution in [0.5, 0.6) is 0 Å². The lowest BCUT2D eigenvalue weighted by Gasteiger charge is -2.25. The number of nitrogens with zero attached hydrogens (tertiary/aromatic N) is 4. The van der Waals surface area contributed by atoms with Gasteiger partial charge in [0.1, 0.15) is 0 Å². The highest BCUT2D eigenvalue weighted by molar-refractivity contribution is 7.50. The number of carbonyl (C=O) groups is 1. The normalized spacial score (nSPS) is 19.9. The fourth-order valence-corrected chi connectivity index (χ4v) is 6.33. The average Bonchev–Trinajstić information content (AvgIpc) is 3.63. The van der Waals surface area contributed by atoms with Crippen molar-refractivity contribution in [1.29, 1.82) is 0 Å². The Bertz CT molecular complexity index is 1710. The van der Waals surface area contributed by atoms with Crippen LogP contribution in [-0.4, -0.2) is 72.9 Å². The molecular weight excluding hydrogens is 669 g/mol. The smallest absolute Gasteiger partial charge is 0.392 e. The topological polar surface area (TPSA) is 189 Å². The molecule has 0 aromatic carbocycles. The number of nitrogens with two attached hydrogens (primary N) is 1. The lowest BCUT2D eigenvalue weighted by Crippen LogP contribution is -2.32. The maximum atomic E-state index is 12.9. The zero-order valence-electron chi connectivity index (χ0n) is 29.8. The third-order valence-electron chi connectivity index (χ3n) is 8.37. The van der Waals surface area contributed by atoms with Crippen molar-refractivity contribution in [3.63, 3.8) is 0 Å². The third kappa shape index (κ3) is 13.8. The second-order valence-corrected chi connectivity index (χ2v) is 14.2. The number of fused-ring (bicyclic) bond motifs is 1. The number of rotatable bonds is 22. The molecule has 2 aromatic heterocycles. The van der Waals surface area contributed by atoms with E-state index in [4.69, 9.17) is 10.3 Å². The molecule has 6 N–H and O–H groups in total. The molecule has 2 heterocycles. The molecular formula is C37H54N7O6P. The van der Waals surface area contributed by atoms with Gasteiger partial charge in [-0.05, 0) is 64.0 Å². The molecule has 0 spiro atoms. The van der Waals surface area contributed by atoms with Crippen molar-refractivity contribution >= 4 is 30.8 Å². The second-order valence-electron chi connectivity index (χ2n) is 12.2. The number of anilines is 1. The monoisotopic (exact) mass is 723 g/mol. The molecule has 278 valence electrons. The number of nitrogen functional groups attached to an aromatic ring is 1. The van der Waals surface area contributed by atoms with Gasteiger partial charge in [0, 0.05) is 25.4 Å². The zero-order valence-corrected chi connectivity index (χ0v) is 30.7. The molecule has 1 amide bonds. The molecule has 3 rings (SSSR count). The van der Waals surface area contributed by atoms with Crippen LogP contribution >= 0.6 is 7.75 Å². The first-order valence-electron chi connectivity index (χ1n) is 17.5. The van der Waals surface area contributed by atoms with Gasteiger partial charge >= 0.3 is 7.75 Å². The van der Waals surface area contributed by atoms with Gasteiger partial charge in [0.2, 0.25) is 11.9 Å². The summed E-state index contributed by atoms with van der Waals surface area (Å²) in [5.74, 6) is -0.865. The number of hydrogen-bond acceptors (Lipinski definition) is 8. The molecule has 0 bridgehead atoms. The van der Waals surface area contributed by atoms with E-state index in [2.05, 4.69) is 94.5 Å². The fraction of sp³-hybridized carbons (Fsp3) is 0.459. The molecule has 51 heavy (non-hydrogen) atoms. The Morgan fingerprint density at radius 3 is 2.24 bits per heavy atom. The van der Waals surface area contributed by atoms with Crippen molar-refractivity contribution in [2.24, 2.45) is 5.92 Å². The van der Waals surface area contributed by atoms with Crippen molar-refractivity contribution < 1.29 is 23.9 Å². The quantitative estimate of drug-likeness (QED) is 0.0731. The first-order chi connectivity index (χ1) is 24.5. The van der Waals surface area contributed by atoms with Crippen molar-refractivity contribution in [3.8, 4) is 0 Å². The lowest BCUT2D eigenvalue weighted by atomic mass is 10.0. The first-order valence-corrected chi connectivity index (χ1v) is 19.0. The van der Waals surface area contributed by atoms with Crippen LogP contribution < -0.4 is 16.6 Å². The zero-order chi connectivity index (χ0) is 37.1. The van der Waals surface area contributed by atoms with Crippen molar-refractivity contribution in [1.82, 2.24) is 29.5 Å². The Kier molecular flexibility index (Phi) is 17.8. The van der Waals surface area contributed by atoms with Gasteiger partial charge in [-0.3, -0.25) is 19.1 Å². The molecule has 1 aliphatic carbocycles. The van der Waals surface area contributed by atoms with Gasteiger partial charge in [-0.1, -0.05) is 86.4 Å². The minimum atomic E-state index is -4.23. The summed E-state index contributed by atoms with van der Waals surface area (Å²) >= 11 is 0. The number of aromatic amines is 1. The highest BCUT2D eigenvalue weighted by Crippen LogP contribution is 2.48. The standard InChI is InChI=1S/C37H54N7O6P/c1-4-5-6-7-8-9-10-11-12-13-14-15-16-17-18-19-20-21-22-23-33(46)39-24-25-43(3)51(48,49)50-27-30-29(2)31(26-32(30)45)44-28-40-34-35(44)41-37(38)42-36(34)47/h5-6,8-9,11-12,14-15,17-18,20-21,28,30-32,45H,2,4,7,10,13,16,19,22-27H2,1,3H3,(H,39,46)(H,48,49)(H3,38,41,42,47)/t30-,31-,32-/m0/s1. The van der Waals surface area contributed by atoms with Crippen LogP contribution in [0.4, 0.5) is 5.95 Å². The fourth-order valence-electron chi connectivity index (χ4n) is 5.42. The molecule has 0 radical (unpaired) electrons. The van der Waals surface area contributed by atoms with E-state index in [-0.39, 0.29) is 49.1 Å². The number of allylic oxidation sites excluding steroid dienone is 12. The Balaban J connectivity index is 1.27. The van der Waals surface area contributed by atoms with Gasteiger partial charge in [-0.15, -0.1) is 0 Å². The second kappa shape index (κ2) is 21.9. The van der Waals surface area contributed by atoms with Gasteiger partial charge in [0.25, 0.3) is 5.56 Å². The van der Waals surface area contributed by atoms with Gasteiger partial charge in [-0.25, -0.2) is 14.2 Å². The molecule has 1 fully saturated rings. The Hall–Kier alpha value is -4.13. The predicted molar refractivity (Wildman–Crippen MR) is 204 cm³/mol. The number of likely N-dealkylation sites (N-methyl/N-ethyl adjacent to an activating group) is 1. The molecule has 1 aliphatic rings. The van der Waals surface area contributed by atoms with Gasteiger partial charge in [0.05, 0.1) is 25.1 Å². The lowest BCUT2D eigenvalue weighted by molar-refractivity contribution is -0.121. The van der Waals surface area contributed by atoms with E-state index < -0.39 is 31.4 Å². The van der Waals surface area contributed by atoms with Gasteiger partial charge in [0.15, 0.2) is 11.2 Å². The summed E-state index contributed by atoms with van der Waals surface area (Å²) in [5, 5.41) is 13.5. The predicted octanol–water partition coefficient (Wildman–Crippen LogP) is 5.82. The number of carbonyl (C=O) groups excluding carboxylic acids is 1. The molecule has 1 saturated carbocycles. The number of nitrogens with one attached hydrogen (secondary N) is 2. The summed E-state index contributed by atoms with van der Waals surface area (Å²) in [7, 11) is -2.80. The molecule has 2 aromatic rings. The van der Waals surface area contributed by atoms with Crippen LogP contribution in [0, 0.1) is 5.92 Å². The number of aliphatic hydroxyl groups is 1. The van der Waals surface area contributed by atoms with Gasteiger partial charge < -0.3 is 25.6 Å². The van der Waals surface area contributed by atoms with E-state index in [9.17, 15) is 24.2 Å². The van der Waals surface area contributed by atoms with E-state index in [1.54, 1.807) is 4.57 Å². The SMILES string of the molecule is C=C1[C@H](COP(=O)(O)N(C)CCNC(=O)CCC=CCC=CCC=CCC=CCC=CCC=CCC)[C@@H](O)C[C@@H]1n1cnc2c(=O)[nH]c(N)nc21. The van der Waals surface area contributed by atoms with E-state index in [1.165, 1.54) is 13.4 Å². The Morgan fingerprint density at radius 2 is 1.65 bits per heavy atom. The summed E-state index contributed by atoms with van der Waals surface area (Å²) in [6.07, 6.45) is 32.9. The molecule has 1 unspecified atom stereocenters. The Morgan fingerprint density at radius 1 is 1.08 bits per heavy atom. The molecule has 4 atom stereocenters. The minimum Gasteiger partial charge on any atom is -0.392 e. The van der Waals surface area contributed by atoms with Crippen LogP contribution in [0.15, 0.2) is 96.2 Å². The number of amides is 1. The molecule has 0 saturated heterocycles. The number of hydrogen-bond donors (Lipinski definition) is 5. The third-order valence-corrected chi connectivity index (χ3v) is 9.91. The van der Waals surface area contributed by atoms with E-state index >= 15 is 0 Å². The van der Waals surface area contributed by atoms with Crippen molar-refractivity contribution in [2.45, 2.75) is 76.9 Å². The van der Waals surface area contributed by atoms with Crippen LogP contribution in [0.25, 0.3) is 11.2 Å². The van der Waals surface area contributed by atoms with E-state index in [1.807, 2.05) is 12.2 Å². The van der Waals surface area contributed by atoms with Crippen LogP contribution in [0.3, 0.4) is 0 Å². The average molecular weight is 724 g/mol. The first kappa shape index (κ1) is 41.3. The number of imidazole rings is 1. The number of aromatic nitrogens is 4. The number of aliphatic hydroxyl groups excluding tert-OH is 1. The van der Waals surface area contributed by atoms with Crippen molar-refractivity contribution in [3.05, 3.63) is 102 Å². The number of H-pyrrole nitrogens is 1. The minimum absolute atomic E-state index is 0.0661. The van der Waals surface area contributed by atoms with Crippen molar-refractivity contribution in [2.75, 3.05) is 32.5 Å².